The summed E-state index contributed by atoms with van der Waals surface area (Å²) in [5, 5.41) is -0.233. The van der Waals surface area contributed by atoms with Gasteiger partial charge in [0.1, 0.15) is 5.75 Å². The predicted octanol–water partition coefficient (Wildman–Crippen LogP) is 2.81. The molecule has 0 aromatic heterocycles. The van der Waals surface area contributed by atoms with Crippen LogP contribution in [0.4, 0.5) is 0 Å². The molecule has 0 unspecified atom stereocenters. The number of hydrogen-bond acceptors (Lipinski definition) is 2. The first-order chi connectivity index (χ1) is 7.72. The van der Waals surface area contributed by atoms with Gasteiger partial charge in [-0.05, 0) is 54.5 Å². The molecule has 1 aliphatic carbocycles. The summed E-state index contributed by atoms with van der Waals surface area (Å²) in [6.45, 7) is 0.776. The molecule has 3 heteroatoms. The van der Waals surface area contributed by atoms with Crippen molar-refractivity contribution >= 4 is 16.8 Å². The fraction of sp³-hybridized carbons (Fsp3) is 0.462. The highest BCUT2D eigenvalue weighted by molar-refractivity contribution is 6.66. The lowest BCUT2D eigenvalue weighted by atomic mass is 9.94. The summed E-state index contributed by atoms with van der Waals surface area (Å²) in [5.41, 5.74) is 1.86. The van der Waals surface area contributed by atoms with Crippen LogP contribution in [0.5, 0.6) is 5.75 Å². The van der Waals surface area contributed by atoms with Crippen LogP contribution < -0.4 is 4.74 Å². The van der Waals surface area contributed by atoms with Crippen LogP contribution in [0.15, 0.2) is 18.2 Å². The Hall–Kier alpha value is -1.02. The summed E-state index contributed by atoms with van der Waals surface area (Å²) in [5.74, 6) is 0.938. The van der Waals surface area contributed by atoms with Gasteiger partial charge in [0.25, 0.3) is 0 Å². The number of fused-ring (bicyclic) bond motifs is 1. The third kappa shape index (κ3) is 1.44. The summed E-state index contributed by atoms with van der Waals surface area (Å²) < 4.78 is 5.61. The topological polar surface area (TPSA) is 26.3 Å². The molecule has 1 aromatic carbocycles. The molecular formula is C13H13ClO2. The Balaban J connectivity index is 2.00. The van der Waals surface area contributed by atoms with Gasteiger partial charge >= 0.3 is 0 Å². The maximum atomic E-state index is 11.4. The number of aryl methyl sites for hydroxylation is 1. The molecule has 3 rings (SSSR count). The summed E-state index contributed by atoms with van der Waals surface area (Å²) >= 11 is 5.67. The zero-order valence-corrected chi connectivity index (χ0v) is 9.72. The average molecular weight is 237 g/mol. The van der Waals surface area contributed by atoms with Gasteiger partial charge in [-0.15, -0.1) is 0 Å². The van der Waals surface area contributed by atoms with Crippen molar-refractivity contribution in [3.63, 3.8) is 0 Å². The second kappa shape index (κ2) is 3.49. The molecule has 0 spiro atoms. The Morgan fingerprint density at radius 3 is 2.88 bits per heavy atom. The van der Waals surface area contributed by atoms with Crippen LogP contribution in [0.3, 0.4) is 0 Å². The van der Waals surface area contributed by atoms with Crippen LogP contribution in [0.2, 0.25) is 0 Å². The van der Waals surface area contributed by atoms with Gasteiger partial charge in [0, 0.05) is 0 Å². The molecule has 0 radical (unpaired) electrons. The van der Waals surface area contributed by atoms with E-state index in [1.165, 1.54) is 5.56 Å². The van der Waals surface area contributed by atoms with Crippen molar-refractivity contribution in [2.45, 2.75) is 31.1 Å². The number of ether oxygens (including phenoxy) is 1. The largest absolute Gasteiger partial charge is 0.493 e. The first-order valence-electron chi connectivity index (χ1n) is 5.68. The maximum absolute atomic E-state index is 11.4. The van der Waals surface area contributed by atoms with E-state index in [4.69, 9.17) is 16.3 Å². The quantitative estimate of drug-likeness (QED) is 0.739. The zero-order chi connectivity index (χ0) is 11.2. The smallest absolute Gasteiger partial charge is 0.232 e. The minimum atomic E-state index is -0.405. The lowest BCUT2D eigenvalue weighted by molar-refractivity contribution is -0.113. The Morgan fingerprint density at radius 1 is 1.38 bits per heavy atom. The van der Waals surface area contributed by atoms with Crippen molar-refractivity contribution in [1.29, 1.82) is 0 Å². The average Bonchev–Trinajstić information content (AvgIpc) is 3.09. The molecule has 0 atom stereocenters. The van der Waals surface area contributed by atoms with Crippen molar-refractivity contribution in [2.24, 2.45) is 0 Å². The lowest BCUT2D eigenvalue weighted by Gasteiger charge is -2.19. The number of carbonyl (C=O) groups excluding carboxylic acids is 1. The highest BCUT2D eigenvalue weighted by atomic mass is 35.5. The van der Waals surface area contributed by atoms with Gasteiger partial charge in [0.2, 0.25) is 5.24 Å². The van der Waals surface area contributed by atoms with Crippen molar-refractivity contribution in [3.05, 3.63) is 29.3 Å². The van der Waals surface area contributed by atoms with Gasteiger partial charge < -0.3 is 4.74 Å². The van der Waals surface area contributed by atoms with E-state index in [9.17, 15) is 4.79 Å². The van der Waals surface area contributed by atoms with E-state index >= 15 is 0 Å². The summed E-state index contributed by atoms with van der Waals surface area (Å²) in [4.78, 5) is 11.4. The molecule has 2 nitrogen and oxygen atoms in total. The molecular weight excluding hydrogens is 224 g/mol. The minimum Gasteiger partial charge on any atom is -0.493 e. The van der Waals surface area contributed by atoms with E-state index in [-0.39, 0.29) is 5.24 Å². The second-order valence-electron chi connectivity index (χ2n) is 4.63. The Morgan fingerprint density at radius 2 is 2.19 bits per heavy atom. The minimum absolute atomic E-state index is 0.233. The van der Waals surface area contributed by atoms with Gasteiger partial charge in [-0.25, -0.2) is 0 Å². The predicted molar refractivity (Wildman–Crippen MR) is 62.0 cm³/mol. The Labute approximate surface area is 99.6 Å². The van der Waals surface area contributed by atoms with Crippen molar-refractivity contribution in [2.75, 3.05) is 6.61 Å². The zero-order valence-electron chi connectivity index (χ0n) is 8.96. The highest BCUT2D eigenvalue weighted by Crippen LogP contribution is 2.51. The maximum Gasteiger partial charge on any atom is 0.232 e. The molecule has 1 heterocycles. The van der Waals surface area contributed by atoms with Crippen LogP contribution in [-0.2, 0) is 16.6 Å². The lowest BCUT2D eigenvalue weighted by Crippen LogP contribution is -2.16. The van der Waals surface area contributed by atoms with Crippen molar-refractivity contribution in [1.82, 2.24) is 0 Å². The number of halogens is 1. The summed E-state index contributed by atoms with van der Waals surface area (Å²) in [6, 6.07) is 6.10. The summed E-state index contributed by atoms with van der Waals surface area (Å²) in [7, 11) is 0. The number of hydrogen-bond donors (Lipinski definition) is 0. The normalized spacial score (nSPS) is 20.8. The van der Waals surface area contributed by atoms with E-state index in [0.717, 1.165) is 43.6 Å². The SMILES string of the molecule is O=C(Cl)C1(c2ccc3c(c2)OCCC3)CC1. The van der Waals surface area contributed by atoms with E-state index in [2.05, 4.69) is 6.07 Å². The van der Waals surface area contributed by atoms with Gasteiger partial charge in [-0.2, -0.15) is 0 Å². The number of rotatable bonds is 2. The molecule has 1 saturated carbocycles. The molecule has 1 fully saturated rings. The van der Waals surface area contributed by atoms with Crippen LogP contribution in [0.1, 0.15) is 30.4 Å². The third-order valence-corrected chi connectivity index (χ3v) is 3.96. The number of benzene rings is 1. The Kier molecular flexibility index (Phi) is 2.21. The molecule has 84 valence electrons. The van der Waals surface area contributed by atoms with E-state index in [0.29, 0.717) is 0 Å². The van der Waals surface area contributed by atoms with Crippen LogP contribution in [0.25, 0.3) is 0 Å². The molecule has 16 heavy (non-hydrogen) atoms. The van der Waals surface area contributed by atoms with Gasteiger partial charge in [-0.1, -0.05) is 12.1 Å². The molecule has 1 aromatic rings. The van der Waals surface area contributed by atoms with Crippen LogP contribution >= 0.6 is 11.6 Å². The molecule has 0 N–H and O–H groups in total. The van der Waals surface area contributed by atoms with Crippen LogP contribution in [0, 0.1) is 0 Å². The molecule has 0 bridgehead atoms. The molecule has 2 aliphatic rings. The van der Waals surface area contributed by atoms with E-state index in [1.54, 1.807) is 0 Å². The van der Waals surface area contributed by atoms with Gasteiger partial charge in [0.05, 0.1) is 12.0 Å². The monoisotopic (exact) mass is 236 g/mol. The second-order valence-corrected chi connectivity index (χ2v) is 4.97. The fourth-order valence-corrected chi connectivity index (χ4v) is 2.66. The molecule has 1 aliphatic heterocycles. The van der Waals surface area contributed by atoms with E-state index in [1.807, 2.05) is 12.1 Å². The Bertz CT molecular complexity index is 449. The van der Waals surface area contributed by atoms with Crippen molar-refractivity contribution < 1.29 is 9.53 Å². The summed E-state index contributed by atoms with van der Waals surface area (Å²) in [6.07, 6.45) is 3.88. The van der Waals surface area contributed by atoms with Gasteiger partial charge in [0.15, 0.2) is 0 Å². The fourth-order valence-electron chi connectivity index (χ4n) is 2.36. The highest BCUT2D eigenvalue weighted by Gasteiger charge is 2.50. The van der Waals surface area contributed by atoms with Crippen molar-refractivity contribution in [3.8, 4) is 5.75 Å². The first kappa shape index (κ1) is 10.2. The van der Waals surface area contributed by atoms with Gasteiger partial charge in [-0.3, -0.25) is 4.79 Å². The van der Waals surface area contributed by atoms with Crippen LogP contribution in [-0.4, -0.2) is 11.8 Å². The first-order valence-corrected chi connectivity index (χ1v) is 6.06. The molecule has 0 saturated heterocycles. The number of carbonyl (C=O) groups is 1. The standard InChI is InChI=1S/C13H13ClO2/c14-12(15)13(5-6-13)10-4-3-9-2-1-7-16-11(9)8-10/h3-4,8H,1-2,5-7H2. The third-order valence-electron chi connectivity index (χ3n) is 3.59. The van der Waals surface area contributed by atoms with E-state index < -0.39 is 5.41 Å². The molecule has 0 amide bonds.